The lowest BCUT2D eigenvalue weighted by molar-refractivity contribution is 0.100. The first-order valence-corrected chi connectivity index (χ1v) is 6.84. The Labute approximate surface area is 121 Å². The fourth-order valence-corrected chi connectivity index (χ4v) is 2.82. The number of halogens is 1. The summed E-state index contributed by atoms with van der Waals surface area (Å²) in [5.41, 5.74) is 13.2. The van der Waals surface area contributed by atoms with Crippen LogP contribution in [0, 0.1) is 19.7 Å². The minimum absolute atomic E-state index is 0.0555. The minimum atomic E-state index is -0.662. The average molecular weight is 290 g/mol. The Kier molecular flexibility index (Phi) is 3.99. The molecule has 0 atom stereocenters. The van der Waals surface area contributed by atoms with Crippen molar-refractivity contribution in [1.29, 1.82) is 0 Å². The Balaban J connectivity index is 2.43. The molecule has 5 heteroatoms. The van der Waals surface area contributed by atoms with Gasteiger partial charge in [-0.2, -0.15) is 0 Å². The lowest BCUT2D eigenvalue weighted by Gasteiger charge is -2.10. The van der Waals surface area contributed by atoms with Gasteiger partial charge in [0.15, 0.2) is 0 Å². The summed E-state index contributed by atoms with van der Waals surface area (Å²) in [6, 6.07) is 8.43. The number of amides is 1. The third-order valence-electron chi connectivity index (χ3n) is 2.92. The van der Waals surface area contributed by atoms with Crippen molar-refractivity contribution in [2.45, 2.75) is 23.6 Å². The number of nitrogens with two attached hydrogens (primary N) is 2. The van der Waals surface area contributed by atoms with Gasteiger partial charge in [-0.15, -0.1) is 0 Å². The van der Waals surface area contributed by atoms with Gasteiger partial charge in [0.2, 0.25) is 0 Å². The summed E-state index contributed by atoms with van der Waals surface area (Å²) in [5.74, 6) is -1.12. The van der Waals surface area contributed by atoms with E-state index >= 15 is 0 Å². The number of hydrogen-bond donors (Lipinski definition) is 2. The van der Waals surface area contributed by atoms with E-state index in [0.29, 0.717) is 4.90 Å². The van der Waals surface area contributed by atoms with E-state index in [2.05, 4.69) is 0 Å². The van der Waals surface area contributed by atoms with Crippen LogP contribution in [0.15, 0.2) is 40.1 Å². The summed E-state index contributed by atoms with van der Waals surface area (Å²) in [6.45, 7) is 3.95. The van der Waals surface area contributed by atoms with Crippen LogP contribution in [0.3, 0.4) is 0 Å². The molecule has 0 bridgehead atoms. The lowest BCUT2D eigenvalue weighted by atomic mass is 10.1. The largest absolute Gasteiger partial charge is 0.398 e. The summed E-state index contributed by atoms with van der Waals surface area (Å²) >= 11 is 1.25. The van der Waals surface area contributed by atoms with Crippen molar-refractivity contribution in [2.24, 2.45) is 5.73 Å². The zero-order valence-electron chi connectivity index (χ0n) is 11.2. The second kappa shape index (κ2) is 5.54. The number of carbonyl (C=O) groups is 1. The Hall–Kier alpha value is -2.01. The van der Waals surface area contributed by atoms with Gasteiger partial charge in [0.25, 0.3) is 5.91 Å². The molecule has 4 N–H and O–H groups in total. The molecule has 0 unspecified atom stereocenters. The molecule has 3 nitrogen and oxygen atoms in total. The molecule has 0 saturated heterocycles. The molecule has 2 aromatic rings. The first-order chi connectivity index (χ1) is 9.38. The zero-order valence-corrected chi connectivity index (χ0v) is 12.1. The number of rotatable bonds is 3. The van der Waals surface area contributed by atoms with E-state index < -0.39 is 11.7 Å². The van der Waals surface area contributed by atoms with Gasteiger partial charge in [-0.05, 0) is 37.6 Å². The van der Waals surface area contributed by atoms with Gasteiger partial charge in [-0.25, -0.2) is 4.39 Å². The molecule has 1 amide bonds. The minimum Gasteiger partial charge on any atom is -0.398 e. The quantitative estimate of drug-likeness (QED) is 0.852. The van der Waals surface area contributed by atoms with Gasteiger partial charge in [-0.1, -0.05) is 29.5 Å². The van der Waals surface area contributed by atoms with Crippen molar-refractivity contribution in [1.82, 2.24) is 0 Å². The number of anilines is 1. The highest BCUT2D eigenvalue weighted by atomic mass is 32.2. The highest BCUT2D eigenvalue weighted by Crippen LogP contribution is 2.34. The SMILES string of the molecule is Cc1ccc(Sc2cc(C(N)=O)c(N)cc2F)c(C)c1. The van der Waals surface area contributed by atoms with Gasteiger partial charge < -0.3 is 11.5 Å². The molecule has 2 aromatic carbocycles. The lowest BCUT2D eigenvalue weighted by Crippen LogP contribution is -2.14. The molecule has 0 radical (unpaired) electrons. The fraction of sp³-hybridized carbons (Fsp3) is 0.133. The van der Waals surface area contributed by atoms with E-state index in [0.717, 1.165) is 22.1 Å². The molecule has 0 aromatic heterocycles. The van der Waals surface area contributed by atoms with Gasteiger partial charge in [0.05, 0.1) is 5.56 Å². The van der Waals surface area contributed by atoms with Gasteiger partial charge in [0.1, 0.15) is 5.82 Å². The summed E-state index contributed by atoms with van der Waals surface area (Å²) in [6.07, 6.45) is 0. The van der Waals surface area contributed by atoms with E-state index in [1.54, 1.807) is 0 Å². The van der Waals surface area contributed by atoms with Crippen molar-refractivity contribution >= 4 is 23.4 Å². The molecule has 2 rings (SSSR count). The van der Waals surface area contributed by atoms with Crippen molar-refractivity contribution in [3.63, 3.8) is 0 Å². The smallest absolute Gasteiger partial charge is 0.250 e. The van der Waals surface area contributed by atoms with Crippen molar-refractivity contribution < 1.29 is 9.18 Å². The molecule has 104 valence electrons. The fourth-order valence-electron chi connectivity index (χ4n) is 1.89. The molecular formula is C15H15FN2OS. The van der Waals surface area contributed by atoms with E-state index in [9.17, 15) is 9.18 Å². The summed E-state index contributed by atoms with van der Waals surface area (Å²) in [7, 11) is 0. The Morgan fingerprint density at radius 1 is 1.15 bits per heavy atom. The average Bonchev–Trinajstić information content (AvgIpc) is 2.35. The molecule has 0 fully saturated rings. The summed E-state index contributed by atoms with van der Waals surface area (Å²) in [5, 5.41) is 0. The summed E-state index contributed by atoms with van der Waals surface area (Å²) < 4.78 is 13.9. The predicted molar refractivity (Wildman–Crippen MR) is 79.4 cm³/mol. The Bertz CT molecular complexity index is 686. The van der Waals surface area contributed by atoms with Crippen LogP contribution in [0.4, 0.5) is 10.1 Å². The number of carbonyl (C=O) groups excluding carboxylic acids is 1. The second-order valence-electron chi connectivity index (χ2n) is 4.61. The number of aryl methyl sites for hydroxylation is 2. The third-order valence-corrected chi connectivity index (χ3v) is 4.13. The molecule has 0 aliphatic rings. The molecule has 0 heterocycles. The van der Waals surface area contributed by atoms with Crippen LogP contribution in [0.1, 0.15) is 21.5 Å². The van der Waals surface area contributed by atoms with Crippen LogP contribution in [0.5, 0.6) is 0 Å². The van der Waals surface area contributed by atoms with E-state index in [1.165, 1.54) is 17.8 Å². The molecule has 20 heavy (non-hydrogen) atoms. The second-order valence-corrected chi connectivity index (χ2v) is 5.69. The van der Waals surface area contributed by atoms with E-state index in [-0.39, 0.29) is 11.3 Å². The molecule has 0 aliphatic heterocycles. The van der Waals surface area contributed by atoms with E-state index in [4.69, 9.17) is 11.5 Å². The number of benzene rings is 2. The number of primary amides is 1. The monoisotopic (exact) mass is 290 g/mol. The zero-order chi connectivity index (χ0) is 14.9. The van der Waals surface area contributed by atoms with Crippen LogP contribution >= 0.6 is 11.8 Å². The molecule has 0 aliphatic carbocycles. The van der Waals surface area contributed by atoms with Gasteiger partial charge in [0, 0.05) is 15.5 Å². The van der Waals surface area contributed by atoms with Crippen LogP contribution in [0.2, 0.25) is 0 Å². The standard InChI is InChI=1S/C15H15FN2OS/c1-8-3-4-13(9(2)5-8)20-14-6-10(15(18)19)12(17)7-11(14)16/h3-7H,17H2,1-2H3,(H2,18,19). The van der Waals surface area contributed by atoms with Gasteiger partial charge >= 0.3 is 0 Å². The first-order valence-electron chi connectivity index (χ1n) is 6.02. The maximum Gasteiger partial charge on any atom is 0.250 e. The summed E-state index contributed by atoms with van der Waals surface area (Å²) in [4.78, 5) is 12.5. The third kappa shape index (κ3) is 2.93. The highest BCUT2D eigenvalue weighted by molar-refractivity contribution is 7.99. The first kappa shape index (κ1) is 14.4. The van der Waals surface area contributed by atoms with Crippen molar-refractivity contribution in [3.05, 3.63) is 52.8 Å². The van der Waals surface area contributed by atoms with E-state index in [1.807, 2.05) is 32.0 Å². The van der Waals surface area contributed by atoms with Crippen LogP contribution < -0.4 is 11.5 Å². The molecular weight excluding hydrogens is 275 g/mol. The van der Waals surface area contributed by atoms with Crippen molar-refractivity contribution in [3.8, 4) is 0 Å². The molecule has 0 spiro atoms. The van der Waals surface area contributed by atoms with Crippen LogP contribution in [0.25, 0.3) is 0 Å². The Morgan fingerprint density at radius 2 is 1.85 bits per heavy atom. The Morgan fingerprint density at radius 3 is 2.45 bits per heavy atom. The van der Waals surface area contributed by atoms with Gasteiger partial charge in [-0.3, -0.25) is 4.79 Å². The predicted octanol–water partition coefficient (Wildman–Crippen LogP) is 3.27. The maximum absolute atomic E-state index is 13.9. The highest BCUT2D eigenvalue weighted by Gasteiger charge is 2.13. The van der Waals surface area contributed by atoms with Crippen LogP contribution in [-0.4, -0.2) is 5.91 Å². The maximum atomic E-state index is 13.9. The number of nitrogen functional groups attached to an aromatic ring is 1. The van der Waals surface area contributed by atoms with Crippen molar-refractivity contribution in [2.75, 3.05) is 5.73 Å². The number of hydrogen-bond acceptors (Lipinski definition) is 3. The van der Waals surface area contributed by atoms with Crippen LogP contribution in [-0.2, 0) is 0 Å². The normalized spacial score (nSPS) is 10.6. The molecule has 0 saturated carbocycles. The topological polar surface area (TPSA) is 69.1 Å².